The van der Waals surface area contributed by atoms with Gasteiger partial charge in [-0.2, -0.15) is 0 Å². The average Bonchev–Trinajstić information content (AvgIpc) is 2.04. The molecule has 1 saturated heterocycles. The highest BCUT2D eigenvalue weighted by Crippen LogP contribution is 2.28. The highest BCUT2D eigenvalue weighted by molar-refractivity contribution is 5.19. The zero-order valence-corrected chi connectivity index (χ0v) is 9.39. The molecule has 1 aliphatic rings. The van der Waals surface area contributed by atoms with E-state index >= 15 is 0 Å². The fourth-order valence-electron chi connectivity index (χ4n) is 2.39. The number of rotatable bonds is 2. The topological polar surface area (TPSA) is 9.23 Å². The predicted molar refractivity (Wildman–Crippen MR) is 56.8 cm³/mol. The van der Waals surface area contributed by atoms with Crippen LogP contribution in [-0.4, -0.2) is 13.2 Å². The van der Waals surface area contributed by atoms with E-state index in [2.05, 4.69) is 27.7 Å². The predicted octanol–water partition coefficient (Wildman–Crippen LogP) is 3.41. The van der Waals surface area contributed by atoms with Gasteiger partial charge in [0, 0.05) is 0 Å². The van der Waals surface area contributed by atoms with E-state index in [1.165, 1.54) is 0 Å². The fraction of sp³-hybridized carbons (Fsp3) is 0.833. The monoisotopic (exact) mass is 182 g/mol. The van der Waals surface area contributed by atoms with Crippen molar-refractivity contribution >= 4 is 0 Å². The van der Waals surface area contributed by atoms with E-state index in [9.17, 15) is 0 Å². The summed E-state index contributed by atoms with van der Waals surface area (Å²) >= 11 is 0. The molecule has 0 aromatic heterocycles. The normalized spacial score (nSPS) is 18.5. The Morgan fingerprint density at radius 3 is 1.85 bits per heavy atom. The van der Waals surface area contributed by atoms with E-state index in [0.29, 0.717) is 11.8 Å². The highest BCUT2D eigenvalue weighted by atomic mass is 16.5. The van der Waals surface area contributed by atoms with Gasteiger partial charge in [-0.1, -0.05) is 38.8 Å². The van der Waals surface area contributed by atoms with E-state index in [1.807, 2.05) is 0 Å². The van der Waals surface area contributed by atoms with Gasteiger partial charge in [0.2, 0.25) is 0 Å². The molecular formula is C12H22O. The van der Waals surface area contributed by atoms with Crippen LogP contribution < -0.4 is 0 Å². The lowest BCUT2D eigenvalue weighted by Crippen LogP contribution is -2.14. The third-order valence-electron chi connectivity index (χ3n) is 2.75. The van der Waals surface area contributed by atoms with Crippen molar-refractivity contribution in [2.45, 2.75) is 40.5 Å². The summed E-state index contributed by atoms with van der Waals surface area (Å²) in [5.74, 6) is 1.40. The molecule has 1 heterocycles. The van der Waals surface area contributed by atoms with Gasteiger partial charge in [-0.15, -0.1) is 0 Å². The first-order valence-electron chi connectivity index (χ1n) is 5.42. The van der Waals surface area contributed by atoms with Crippen LogP contribution in [0.15, 0.2) is 11.1 Å². The molecule has 0 unspecified atom stereocenters. The fourth-order valence-corrected chi connectivity index (χ4v) is 2.39. The molecule has 0 aromatic rings. The Labute approximate surface area is 82.2 Å². The molecule has 1 fully saturated rings. The molecule has 1 aliphatic heterocycles. The molecule has 0 N–H and O–H groups in total. The van der Waals surface area contributed by atoms with Gasteiger partial charge >= 0.3 is 0 Å². The van der Waals surface area contributed by atoms with Crippen molar-refractivity contribution in [2.75, 3.05) is 13.2 Å². The van der Waals surface area contributed by atoms with Gasteiger partial charge in [0.25, 0.3) is 0 Å². The molecule has 0 atom stereocenters. The minimum atomic E-state index is 0.702. The maximum Gasteiger partial charge on any atom is 0.0503 e. The Morgan fingerprint density at radius 2 is 1.46 bits per heavy atom. The van der Waals surface area contributed by atoms with Crippen LogP contribution in [0.4, 0.5) is 0 Å². The molecule has 1 rings (SSSR count). The first kappa shape index (κ1) is 10.8. The third kappa shape index (κ3) is 2.84. The molecule has 0 bridgehead atoms. The third-order valence-corrected chi connectivity index (χ3v) is 2.75. The van der Waals surface area contributed by atoms with Crippen LogP contribution >= 0.6 is 0 Å². The van der Waals surface area contributed by atoms with Crippen molar-refractivity contribution in [1.82, 2.24) is 0 Å². The summed E-state index contributed by atoms with van der Waals surface area (Å²) in [7, 11) is 0. The van der Waals surface area contributed by atoms with Crippen molar-refractivity contribution < 1.29 is 4.74 Å². The first-order valence-corrected chi connectivity index (χ1v) is 5.42. The number of allylic oxidation sites excluding steroid dienone is 1. The van der Waals surface area contributed by atoms with Crippen molar-refractivity contribution in [2.24, 2.45) is 11.8 Å². The van der Waals surface area contributed by atoms with Crippen LogP contribution in [-0.2, 0) is 4.74 Å². The maximum absolute atomic E-state index is 5.38. The lowest BCUT2D eigenvalue weighted by molar-refractivity contribution is 0.117. The van der Waals surface area contributed by atoms with Crippen LogP contribution in [0, 0.1) is 11.8 Å². The maximum atomic E-state index is 5.38. The summed E-state index contributed by atoms with van der Waals surface area (Å²) in [6.45, 7) is 11.1. The number of hydrogen-bond acceptors (Lipinski definition) is 1. The zero-order chi connectivity index (χ0) is 9.84. The molecule has 76 valence electrons. The molecule has 0 radical (unpaired) electrons. The van der Waals surface area contributed by atoms with Crippen LogP contribution in [0.3, 0.4) is 0 Å². The lowest BCUT2D eigenvalue weighted by Gasteiger charge is -2.24. The number of ether oxygens (including phenoxy) is 1. The molecule has 0 aliphatic carbocycles. The quantitative estimate of drug-likeness (QED) is 0.595. The van der Waals surface area contributed by atoms with Crippen LogP contribution in [0.25, 0.3) is 0 Å². The van der Waals surface area contributed by atoms with Gasteiger partial charge < -0.3 is 4.74 Å². The molecule has 0 aromatic carbocycles. The van der Waals surface area contributed by atoms with E-state index in [0.717, 1.165) is 26.1 Å². The molecule has 1 heteroatoms. The minimum absolute atomic E-state index is 0.702. The molecule has 0 saturated carbocycles. The second kappa shape index (κ2) is 4.80. The van der Waals surface area contributed by atoms with E-state index in [1.54, 1.807) is 11.1 Å². The second-order valence-electron chi connectivity index (χ2n) is 4.48. The van der Waals surface area contributed by atoms with Gasteiger partial charge in [0.05, 0.1) is 13.2 Å². The second-order valence-corrected chi connectivity index (χ2v) is 4.48. The van der Waals surface area contributed by atoms with Crippen LogP contribution in [0.2, 0.25) is 0 Å². The first-order chi connectivity index (χ1) is 6.13. The van der Waals surface area contributed by atoms with E-state index in [-0.39, 0.29) is 0 Å². The van der Waals surface area contributed by atoms with Crippen molar-refractivity contribution in [3.8, 4) is 0 Å². The van der Waals surface area contributed by atoms with Crippen molar-refractivity contribution in [3.63, 3.8) is 0 Å². The molecule has 0 spiro atoms. The Balaban J connectivity index is 2.80. The van der Waals surface area contributed by atoms with Gasteiger partial charge in [0.1, 0.15) is 0 Å². The van der Waals surface area contributed by atoms with Crippen LogP contribution in [0.5, 0.6) is 0 Å². The summed E-state index contributed by atoms with van der Waals surface area (Å²) in [5, 5.41) is 0. The van der Waals surface area contributed by atoms with Crippen molar-refractivity contribution in [1.29, 1.82) is 0 Å². The molecule has 0 amide bonds. The smallest absolute Gasteiger partial charge is 0.0503 e. The van der Waals surface area contributed by atoms with Crippen LogP contribution in [0.1, 0.15) is 40.5 Å². The van der Waals surface area contributed by atoms with Gasteiger partial charge in [0.15, 0.2) is 0 Å². The summed E-state index contributed by atoms with van der Waals surface area (Å²) in [6, 6.07) is 0. The van der Waals surface area contributed by atoms with E-state index in [4.69, 9.17) is 4.74 Å². The summed E-state index contributed by atoms with van der Waals surface area (Å²) < 4.78 is 5.38. The van der Waals surface area contributed by atoms with Crippen molar-refractivity contribution in [3.05, 3.63) is 11.1 Å². The number of hydrogen-bond donors (Lipinski definition) is 0. The summed E-state index contributed by atoms with van der Waals surface area (Å²) in [5.41, 5.74) is 3.33. The average molecular weight is 182 g/mol. The van der Waals surface area contributed by atoms with Gasteiger partial charge in [-0.05, 0) is 24.7 Å². The Hall–Kier alpha value is -0.300. The highest BCUT2D eigenvalue weighted by Gasteiger charge is 2.16. The Morgan fingerprint density at radius 1 is 1.00 bits per heavy atom. The van der Waals surface area contributed by atoms with Gasteiger partial charge in [-0.25, -0.2) is 0 Å². The van der Waals surface area contributed by atoms with E-state index < -0.39 is 0 Å². The molecule has 1 nitrogen and oxygen atoms in total. The minimum Gasteiger partial charge on any atom is -0.381 e. The zero-order valence-electron chi connectivity index (χ0n) is 9.39. The lowest BCUT2D eigenvalue weighted by atomic mass is 9.85. The SMILES string of the molecule is CC(C)C(=C1CCOCC1)C(C)C. The Kier molecular flexibility index (Phi) is 3.98. The Bertz CT molecular complexity index is 171. The largest absolute Gasteiger partial charge is 0.381 e. The standard InChI is InChI=1S/C12H22O/c1-9(2)12(10(3)4)11-5-7-13-8-6-11/h9-10H,5-8H2,1-4H3. The molecule has 13 heavy (non-hydrogen) atoms. The van der Waals surface area contributed by atoms with Gasteiger partial charge in [-0.3, -0.25) is 0 Å². The summed E-state index contributed by atoms with van der Waals surface area (Å²) in [4.78, 5) is 0. The summed E-state index contributed by atoms with van der Waals surface area (Å²) in [6.07, 6.45) is 2.32. The molecular weight excluding hydrogens is 160 g/mol.